The molecular weight excluding hydrogens is 420 g/mol. The Kier molecular flexibility index (Phi) is 7.64. The van der Waals surface area contributed by atoms with Gasteiger partial charge in [0, 0.05) is 42.4 Å². The molecule has 2 aliphatic rings. The number of hydrogen-bond acceptors (Lipinski definition) is 7. The van der Waals surface area contributed by atoms with Gasteiger partial charge in [0.1, 0.15) is 23.9 Å². The van der Waals surface area contributed by atoms with E-state index in [2.05, 4.69) is 4.90 Å². The molecule has 0 bridgehead atoms. The summed E-state index contributed by atoms with van der Waals surface area (Å²) >= 11 is 0. The first kappa shape index (κ1) is 23.2. The van der Waals surface area contributed by atoms with E-state index in [4.69, 9.17) is 24.7 Å². The molecule has 0 aromatic heterocycles. The topological polar surface area (TPSA) is 83.2 Å². The highest BCUT2D eigenvalue weighted by Gasteiger charge is 2.36. The van der Waals surface area contributed by atoms with Gasteiger partial charge in [-0.15, -0.1) is 12.4 Å². The van der Waals surface area contributed by atoms with Crippen LogP contribution in [0.15, 0.2) is 24.3 Å². The van der Waals surface area contributed by atoms with Crippen molar-refractivity contribution in [1.82, 2.24) is 4.90 Å². The second-order valence-corrected chi connectivity index (χ2v) is 7.40. The highest BCUT2D eigenvalue weighted by molar-refractivity contribution is 6.26. The molecule has 2 aromatic carbocycles. The van der Waals surface area contributed by atoms with Crippen molar-refractivity contribution < 1.29 is 23.7 Å². The summed E-state index contributed by atoms with van der Waals surface area (Å²) in [5, 5.41) is 0. The van der Waals surface area contributed by atoms with E-state index in [1.54, 1.807) is 19.2 Å². The van der Waals surface area contributed by atoms with Gasteiger partial charge in [-0.2, -0.15) is 0 Å². The number of rotatable bonds is 8. The Morgan fingerprint density at radius 3 is 2.48 bits per heavy atom. The molecule has 7 nitrogen and oxygen atoms in total. The summed E-state index contributed by atoms with van der Waals surface area (Å²) in [5.74, 6) is 1.56. The molecule has 4 rings (SSSR count). The van der Waals surface area contributed by atoms with Crippen molar-refractivity contribution >= 4 is 23.9 Å². The molecule has 168 valence electrons. The van der Waals surface area contributed by atoms with E-state index in [9.17, 15) is 4.79 Å². The predicted octanol–water partition coefficient (Wildman–Crippen LogP) is 3.41. The van der Waals surface area contributed by atoms with Gasteiger partial charge in [-0.3, -0.25) is 9.69 Å². The number of hydrogen-bond donors (Lipinski definition) is 1. The van der Waals surface area contributed by atoms with Crippen molar-refractivity contribution in [1.29, 1.82) is 0 Å². The number of nitrogen functional groups attached to an aromatic ring is 1. The second-order valence-electron chi connectivity index (χ2n) is 7.40. The minimum absolute atomic E-state index is 0. The van der Waals surface area contributed by atoms with Gasteiger partial charge in [0.05, 0.1) is 38.2 Å². The fraction of sp³-hybridized carbons (Fsp3) is 0.435. The number of carbonyl (C=O) groups is 1. The quantitative estimate of drug-likeness (QED) is 0.528. The Balaban J connectivity index is 0.00000272. The molecule has 1 aliphatic carbocycles. The fourth-order valence-electron chi connectivity index (χ4n) is 3.97. The zero-order valence-corrected chi connectivity index (χ0v) is 18.8. The first-order chi connectivity index (χ1) is 14.7. The van der Waals surface area contributed by atoms with Crippen LogP contribution in [0.5, 0.6) is 17.2 Å². The van der Waals surface area contributed by atoms with Gasteiger partial charge in [0.25, 0.3) is 0 Å². The lowest BCUT2D eigenvalue weighted by Crippen LogP contribution is -2.38. The van der Waals surface area contributed by atoms with Gasteiger partial charge in [-0.1, -0.05) is 19.1 Å². The summed E-state index contributed by atoms with van der Waals surface area (Å²) < 4.78 is 22.9. The van der Waals surface area contributed by atoms with Crippen molar-refractivity contribution in [3.05, 3.63) is 35.4 Å². The number of ether oxygens (including phenoxy) is 4. The number of anilines is 1. The lowest BCUT2D eigenvalue weighted by atomic mass is 10.0. The Morgan fingerprint density at radius 2 is 1.77 bits per heavy atom. The molecule has 0 saturated carbocycles. The lowest BCUT2D eigenvalue weighted by Gasteiger charge is -2.26. The SMILES string of the molecule is CCCOc1cc(OC)c2c(c1N)C(=O)c1cccc(OCCN3CCOCC3)c1-2.Cl. The maximum Gasteiger partial charge on any atom is 0.196 e. The van der Waals surface area contributed by atoms with Crippen LogP contribution in [0, 0.1) is 0 Å². The van der Waals surface area contributed by atoms with Crippen LogP contribution in [0.3, 0.4) is 0 Å². The van der Waals surface area contributed by atoms with Crippen molar-refractivity contribution in [2.45, 2.75) is 13.3 Å². The number of benzene rings is 2. The monoisotopic (exact) mass is 448 g/mol. The van der Waals surface area contributed by atoms with Gasteiger partial charge in [-0.25, -0.2) is 0 Å². The molecule has 1 aliphatic heterocycles. The van der Waals surface area contributed by atoms with Crippen molar-refractivity contribution in [2.75, 3.05) is 58.9 Å². The predicted molar refractivity (Wildman–Crippen MR) is 122 cm³/mol. The molecule has 2 aromatic rings. The molecule has 1 saturated heterocycles. The number of nitrogens with two attached hydrogens (primary N) is 1. The largest absolute Gasteiger partial charge is 0.496 e. The smallest absolute Gasteiger partial charge is 0.196 e. The molecule has 0 atom stereocenters. The van der Waals surface area contributed by atoms with Crippen LogP contribution >= 0.6 is 12.4 Å². The third kappa shape index (κ3) is 4.44. The standard InChI is InChI=1S/C23H28N2O5.ClH/c1-3-10-29-18-14-17(27-2)20-19-15(23(26)21(20)22(18)24)5-4-6-16(19)30-13-9-25-7-11-28-12-8-25;/h4-6,14H,3,7-13,24H2,1-2H3;1H. The van der Waals surface area contributed by atoms with Gasteiger partial charge < -0.3 is 24.7 Å². The molecule has 2 N–H and O–H groups in total. The lowest BCUT2D eigenvalue weighted by molar-refractivity contribution is 0.0323. The maximum atomic E-state index is 13.2. The van der Waals surface area contributed by atoms with E-state index in [0.717, 1.165) is 44.8 Å². The first-order valence-corrected chi connectivity index (χ1v) is 10.4. The number of carbonyl (C=O) groups excluding carboxylic acids is 1. The molecule has 0 unspecified atom stereocenters. The molecule has 0 spiro atoms. The number of ketones is 1. The molecule has 1 heterocycles. The zero-order valence-electron chi connectivity index (χ0n) is 17.9. The number of fused-ring (bicyclic) bond motifs is 3. The van der Waals surface area contributed by atoms with Crippen LogP contribution in [0.1, 0.15) is 29.3 Å². The van der Waals surface area contributed by atoms with Crippen molar-refractivity contribution in [3.8, 4) is 28.4 Å². The van der Waals surface area contributed by atoms with Crippen molar-refractivity contribution in [2.24, 2.45) is 0 Å². The van der Waals surface area contributed by atoms with Crippen LogP contribution in [-0.2, 0) is 4.74 Å². The number of morpholine rings is 1. The Hall–Kier alpha value is -2.48. The highest BCUT2D eigenvalue weighted by Crippen LogP contribution is 2.51. The van der Waals surface area contributed by atoms with E-state index < -0.39 is 0 Å². The normalized spacial score (nSPS) is 15.1. The summed E-state index contributed by atoms with van der Waals surface area (Å²) in [6.45, 7) is 7.17. The molecule has 1 fully saturated rings. The summed E-state index contributed by atoms with van der Waals surface area (Å²) in [6.07, 6.45) is 0.841. The summed E-state index contributed by atoms with van der Waals surface area (Å²) in [7, 11) is 1.58. The van der Waals surface area contributed by atoms with Crippen LogP contribution < -0.4 is 19.9 Å². The summed E-state index contributed by atoms with van der Waals surface area (Å²) in [4.78, 5) is 15.5. The minimum Gasteiger partial charge on any atom is -0.496 e. The van der Waals surface area contributed by atoms with Gasteiger partial charge in [0.2, 0.25) is 0 Å². The molecular formula is C23H29ClN2O5. The average Bonchev–Trinajstić information content (AvgIpc) is 3.08. The number of nitrogens with zero attached hydrogens (tertiary/aromatic N) is 1. The van der Waals surface area contributed by atoms with E-state index in [-0.39, 0.29) is 18.2 Å². The zero-order chi connectivity index (χ0) is 21.1. The average molecular weight is 449 g/mol. The maximum absolute atomic E-state index is 13.2. The van der Waals surface area contributed by atoms with Gasteiger partial charge in [0.15, 0.2) is 5.78 Å². The highest BCUT2D eigenvalue weighted by atomic mass is 35.5. The number of methoxy groups -OCH3 is 1. The van der Waals surface area contributed by atoms with Crippen LogP contribution in [0.2, 0.25) is 0 Å². The summed E-state index contributed by atoms with van der Waals surface area (Å²) in [5.41, 5.74) is 9.13. The second kappa shape index (κ2) is 10.2. The molecule has 31 heavy (non-hydrogen) atoms. The third-order valence-corrected chi connectivity index (χ3v) is 5.49. The fourth-order valence-corrected chi connectivity index (χ4v) is 3.97. The van der Waals surface area contributed by atoms with E-state index in [1.165, 1.54) is 0 Å². The summed E-state index contributed by atoms with van der Waals surface area (Å²) in [6, 6.07) is 7.29. The van der Waals surface area contributed by atoms with E-state index in [1.807, 2.05) is 19.1 Å². The first-order valence-electron chi connectivity index (χ1n) is 10.4. The van der Waals surface area contributed by atoms with E-state index in [0.29, 0.717) is 52.8 Å². The third-order valence-electron chi connectivity index (χ3n) is 5.49. The Bertz CT molecular complexity index is 944. The Labute approximate surface area is 188 Å². The van der Waals surface area contributed by atoms with Crippen LogP contribution in [0.4, 0.5) is 5.69 Å². The molecule has 8 heteroatoms. The Morgan fingerprint density at radius 1 is 1.03 bits per heavy atom. The van der Waals surface area contributed by atoms with E-state index >= 15 is 0 Å². The van der Waals surface area contributed by atoms with Crippen LogP contribution in [0.25, 0.3) is 11.1 Å². The van der Waals surface area contributed by atoms with Crippen molar-refractivity contribution in [3.63, 3.8) is 0 Å². The minimum atomic E-state index is -0.128. The molecule has 0 amide bonds. The van der Waals surface area contributed by atoms with Crippen LogP contribution in [-0.4, -0.2) is 63.9 Å². The number of halogens is 1. The van der Waals surface area contributed by atoms with Gasteiger partial charge in [-0.05, 0) is 12.5 Å². The van der Waals surface area contributed by atoms with Gasteiger partial charge >= 0.3 is 0 Å². The molecule has 0 radical (unpaired) electrons.